The summed E-state index contributed by atoms with van der Waals surface area (Å²) in [6.07, 6.45) is 8.40. The lowest BCUT2D eigenvalue weighted by molar-refractivity contribution is 0.202. The van der Waals surface area contributed by atoms with Gasteiger partial charge in [-0.15, -0.1) is 11.3 Å². The van der Waals surface area contributed by atoms with E-state index in [1.165, 1.54) is 67.3 Å². The first-order valence-corrected chi connectivity index (χ1v) is 9.51. The number of aromatic nitrogens is 1. The fraction of sp³-hybridized carbons (Fsp3) is 0.824. The summed E-state index contributed by atoms with van der Waals surface area (Å²) in [5.74, 6) is 1.93. The number of hydrogen-bond donors (Lipinski definition) is 1. The molecule has 1 aromatic heterocycles. The van der Waals surface area contributed by atoms with Crippen molar-refractivity contribution in [1.29, 1.82) is 0 Å². The lowest BCUT2D eigenvalue weighted by Crippen LogP contribution is -2.41. The van der Waals surface area contributed by atoms with Crippen LogP contribution in [0.2, 0.25) is 0 Å². The van der Waals surface area contributed by atoms with Gasteiger partial charge in [0.2, 0.25) is 0 Å². The molecule has 0 aromatic carbocycles. The van der Waals surface area contributed by atoms with Crippen LogP contribution < -0.4 is 10.2 Å². The number of rotatable bonds is 5. The van der Waals surface area contributed by atoms with Crippen molar-refractivity contribution in [2.24, 2.45) is 11.8 Å². The smallest absolute Gasteiger partial charge is 0.185 e. The molecule has 118 valence electrons. The van der Waals surface area contributed by atoms with Crippen molar-refractivity contribution in [1.82, 2.24) is 10.3 Å². The van der Waals surface area contributed by atoms with Crippen LogP contribution in [0.15, 0.2) is 0 Å². The third-order valence-electron chi connectivity index (χ3n) is 5.16. The summed E-state index contributed by atoms with van der Waals surface area (Å²) in [5.41, 5.74) is 1.23. The van der Waals surface area contributed by atoms with E-state index < -0.39 is 0 Å². The van der Waals surface area contributed by atoms with Crippen LogP contribution >= 0.6 is 11.3 Å². The van der Waals surface area contributed by atoms with Gasteiger partial charge in [-0.1, -0.05) is 26.2 Å². The Kier molecular flexibility index (Phi) is 5.17. The van der Waals surface area contributed by atoms with Crippen molar-refractivity contribution >= 4 is 16.5 Å². The van der Waals surface area contributed by atoms with Crippen molar-refractivity contribution < 1.29 is 0 Å². The van der Waals surface area contributed by atoms with Crippen LogP contribution in [0.5, 0.6) is 0 Å². The zero-order chi connectivity index (χ0) is 14.7. The number of anilines is 1. The van der Waals surface area contributed by atoms with E-state index in [9.17, 15) is 0 Å². The fourth-order valence-corrected chi connectivity index (χ4v) is 4.93. The largest absolute Gasteiger partial charge is 0.348 e. The van der Waals surface area contributed by atoms with Gasteiger partial charge in [-0.2, -0.15) is 0 Å². The van der Waals surface area contributed by atoms with Gasteiger partial charge in [0.05, 0.1) is 5.69 Å². The van der Waals surface area contributed by atoms with E-state index in [4.69, 9.17) is 4.98 Å². The van der Waals surface area contributed by atoms with Crippen molar-refractivity contribution in [3.05, 3.63) is 10.6 Å². The van der Waals surface area contributed by atoms with E-state index in [-0.39, 0.29) is 0 Å². The lowest BCUT2D eigenvalue weighted by atomic mass is 9.75. The molecule has 1 aliphatic carbocycles. The number of aryl methyl sites for hydroxylation is 1. The highest BCUT2D eigenvalue weighted by Crippen LogP contribution is 2.38. The van der Waals surface area contributed by atoms with Crippen molar-refractivity contribution in [2.45, 2.75) is 58.9 Å². The standard InChI is InChI=1S/C17H29N3S/c1-3-9-18-11-16-13(2)19-17(21-16)20-10-8-14-6-4-5-7-15(14)12-20/h14-15,18H,3-12H2,1-2H3. The average Bonchev–Trinajstić information content (AvgIpc) is 2.88. The number of hydrogen-bond acceptors (Lipinski definition) is 4. The maximum Gasteiger partial charge on any atom is 0.185 e. The van der Waals surface area contributed by atoms with Gasteiger partial charge in [0, 0.05) is 24.5 Å². The van der Waals surface area contributed by atoms with Gasteiger partial charge in [0.1, 0.15) is 0 Å². The first-order valence-electron chi connectivity index (χ1n) is 8.70. The van der Waals surface area contributed by atoms with E-state index in [1.54, 1.807) is 0 Å². The summed E-state index contributed by atoms with van der Waals surface area (Å²) in [7, 11) is 0. The lowest BCUT2D eigenvalue weighted by Gasteiger charge is -2.41. The van der Waals surface area contributed by atoms with Gasteiger partial charge in [-0.3, -0.25) is 0 Å². The van der Waals surface area contributed by atoms with Crippen LogP contribution in [-0.4, -0.2) is 24.6 Å². The van der Waals surface area contributed by atoms with Gasteiger partial charge in [-0.25, -0.2) is 4.98 Å². The molecule has 2 aliphatic rings. The zero-order valence-corrected chi connectivity index (χ0v) is 14.3. The quantitative estimate of drug-likeness (QED) is 0.834. The minimum atomic E-state index is 0.929. The summed E-state index contributed by atoms with van der Waals surface area (Å²) in [6, 6.07) is 0. The molecular weight excluding hydrogens is 278 g/mol. The first kappa shape index (κ1) is 15.3. The average molecular weight is 308 g/mol. The van der Waals surface area contributed by atoms with Crippen LogP contribution in [0.3, 0.4) is 0 Å². The number of fused-ring (bicyclic) bond motifs is 1. The number of nitrogens with one attached hydrogen (secondary N) is 1. The summed E-state index contributed by atoms with van der Waals surface area (Å²) >= 11 is 1.91. The normalized spacial score (nSPS) is 25.9. The van der Waals surface area contributed by atoms with Crippen LogP contribution in [0.1, 0.15) is 56.0 Å². The Bertz CT molecular complexity index is 457. The second kappa shape index (κ2) is 7.10. The molecule has 3 rings (SSSR count). The molecule has 1 saturated carbocycles. The SMILES string of the molecule is CCCNCc1sc(N2CCC3CCCCC3C2)nc1C. The topological polar surface area (TPSA) is 28.2 Å². The summed E-state index contributed by atoms with van der Waals surface area (Å²) in [6.45, 7) is 8.93. The highest BCUT2D eigenvalue weighted by atomic mass is 32.1. The predicted octanol–water partition coefficient (Wildman–Crippen LogP) is 3.97. The highest BCUT2D eigenvalue weighted by molar-refractivity contribution is 7.15. The molecular formula is C17H29N3S. The summed E-state index contributed by atoms with van der Waals surface area (Å²) < 4.78 is 0. The summed E-state index contributed by atoms with van der Waals surface area (Å²) in [4.78, 5) is 8.84. The first-order chi connectivity index (χ1) is 10.3. The van der Waals surface area contributed by atoms with Crippen molar-refractivity contribution in [2.75, 3.05) is 24.5 Å². The molecule has 1 aromatic rings. The molecule has 2 atom stereocenters. The van der Waals surface area contributed by atoms with Gasteiger partial charge < -0.3 is 10.2 Å². The van der Waals surface area contributed by atoms with Gasteiger partial charge in [0.15, 0.2) is 5.13 Å². The number of piperidine rings is 1. The molecule has 2 unspecified atom stereocenters. The van der Waals surface area contributed by atoms with Gasteiger partial charge >= 0.3 is 0 Å². The molecule has 0 radical (unpaired) electrons. The van der Waals surface area contributed by atoms with Gasteiger partial charge in [0.25, 0.3) is 0 Å². The van der Waals surface area contributed by atoms with E-state index in [2.05, 4.69) is 24.1 Å². The molecule has 2 fully saturated rings. The van der Waals surface area contributed by atoms with E-state index >= 15 is 0 Å². The molecule has 1 saturated heterocycles. The second-order valence-electron chi connectivity index (χ2n) is 6.72. The Balaban J connectivity index is 1.62. The fourth-order valence-electron chi connectivity index (χ4n) is 3.87. The predicted molar refractivity (Wildman–Crippen MR) is 91.1 cm³/mol. The molecule has 0 spiro atoms. The van der Waals surface area contributed by atoms with Crippen LogP contribution in [-0.2, 0) is 6.54 Å². The van der Waals surface area contributed by atoms with E-state index in [0.717, 1.165) is 24.9 Å². The highest BCUT2D eigenvalue weighted by Gasteiger charge is 2.32. The molecule has 1 N–H and O–H groups in total. The van der Waals surface area contributed by atoms with Crippen LogP contribution in [0, 0.1) is 18.8 Å². The van der Waals surface area contributed by atoms with Crippen molar-refractivity contribution in [3.8, 4) is 0 Å². The second-order valence-corrected chi connectivity index (χ2v) is 7.78. The number of thiazole rings is 1. The van der Waals surface area contributed by atoms with Crippen molar-refractivity contribution in [3.63, 3.8) is 0 Å². The van der Waals surface area contributed by atoms with E-state index in [1.807, 2.05) is 11.3 Å². The Labute approximate surface area is 133 Å². The molecule has 0 bridgehead atoms. The Morgan fingerprint density at radius 1 is 1.24 bits per heavy atom. The molecule has 0 amide bonds. The minimum absolute atomic E-state index is 0.929. The maximum atomic E-state index is 4.86. The molecule has 3 nitrogen and oxygen atoms in total. The Hall–Kier alpha value is -0.610. The van der Waals surface area contributed by atoms with Gasteiger partial charge in [-0.05, 0) is 44.6 Å². The Morgan fingerprint density at radius 2 is 2.05 bits per heavy atom. The zero-order valence-electron chi connectivity index (χ0n) is 13.5. The molecule has 21 heavy (non-hydrogen) atoms. The van der Waals surface area contributed by atoms with Crippen LogP contribution in [0.25, 0.3) is 0 Å². The van der Waals surface area contributed by atoms with Crippen LogP contribution in [0.4, 0.5) is 5.13 Å². The molecule has 1 aliphatic heterocycles. The monoisotopic (exact) mass is 307 g/mol. The summed E-state index contributed by atoms with van der Waals surface area (Å²) in [5, 5.41) is 4.77. The van der Waals surface area contributed by atoms with E-state index in [0.29, 0.717) is 0 Å². The number of nitrogens with zero attached hydrogens (tertiary/aromatic N) is 2. The molecule has 4 heteroatoms. The maximum absolute atomic E-state index is 4.86. The third-order valence-corrected chi connectivity index (χ3v) is 6.37. The Morgan fingerprint density at radius 3 is 2.86 bits per heavy atom. The minimum Gasteiger partial charge on any atom is -0.348 e. The third kappa shape index (κ3) is 3.59. The molecule has 2 heterocycles.